The summed E-state index contributed by atoms with van der Waals surface area (Å²) in [6, 6.07) is 5.61. The second-order valence-corrected chi connectivity index (χ2v) is 8.18. The molecule has 2 amide bonds. The first-order valence-corrected chi connectivity index (χ1v) is 10.9. The molecule has 3 rings (SSSR count). The topological polar surface area (TPSA) is 94.2 Å². The fourth-order valence-electron chi connectivity index (χ4n) is 3.25. The molecule has 0 aliphatic carbocycles. The molecule has 2 aliphatic heterocycles. The van der Waals surface area contributed by atoms with Crippen molar-refractivity contribution in [3.63, 3.8) is 0 Å². The SMILES string of the molecule is C=C1CS[C@@H]2[C@H](NC(=O)OCCCC)C(=O)N2C1C(=O)OCc1ccc(OC)cc1. The number of rotatable bonds is 8. The maximum Gasteiger partial charge on any atom is 0.407 e. The number of hydrogen-bond donors (Lipinski definition) is 1. The van der Waals surface area contributed by atoms with Crippen LogP contribution in [0.25, 0.3) is 0 Å². The van der Waals surface area contributed by atoms with E-state index in [9.17, 15) is 14.4 Å². The van der Waals surface area contributed by atoms with Crippen LogP contribution in [0.5, 0.6) is 5.75 Å². The molecule has 2 fully saturated rings. The fourth-order valence-corrected chi connectivity index (χ4v) is 4.56. The lowest BCUT2D eigenvalue weighted by molar-refractivity contribution is -0.163. The van der Waals surface area contributed by atoms with Crippen molar-refractivity contribution < 1.29 is 28.6 Å². The molecule has 0 aromatic heterocycles. The Kier molecular flexibility index (Phi) is 7.25. The fraction of sp³-hybridized carbons (Fsp3) is 0.476. The van der Waals surface area contributed by atoms with E-state index in [1.807, 2.05) is 6.92 Å². The molecule has 1 aromatic rings. The van der Waals surface area contributed by atoms with Gasteiger partial charge in [0.15, 0.2) is 6.04 Å². The molecular formula is C21H26N2O6S. The van der Waals surface area contributed by atoms with Crippen molar-refractivity contribution in [2.45, 2.75) is 43.8 Å². The Morgan fingerprint density at radius 3 is 2.67 bits per heavy atom. The lowest BCUT2D eigenvalue weighted by atomic mass is 9.99. The molecule has 162 valence electrons. The molecule has 1 unspecified atom stereocenters. The third-order valence-electron chi connectivity index (χ3n) is 4.95. The molecule has 9 heteroatoms. The normalized spacial score (nSPS) is 22.6. The van der Waals surface area contributed by atoms with E-state index in [4.69, 9.17) is 14.2 Å². The van der Waals surface area contributed by atoms with E-state index in [2.05, 4.69) is 11.9 Å². The number of unbranched alkanes of at least 4 members (excludes halogenated alkanes) is 1. The molecule has 2 heterocycles. The molecule has 0 saturated carbocycles. The molecule has 30 heavy (non-hydrogen) atoms. The van der Waals surface area contributed by atoms with E-state index in [1.165, 1.54) is 16.7 Å². The Morgan fingerprint density at radius 2 is 2.00 bits per heavy atom. The number of fused-ring (bicyclic) bond motifs is 1. The average Bonchev–Trinajstić information content (AvgIpc) is 2.76. The molecular weight excluding hydrogens is 408 g/mol. The number of alkyl carbamates (subject to hydrolysis) is 1. The molecule has 8 nitrogen and oxygen atoms in total. The number of benzene rings is 1. The number of thioether (sulfide) groups is 1. The summed E-state index contributed by atoms with van der Waals surface area (Å²) >= 11 is 1.46. The van der Waals surface area contributed by atoms with E-state index in [-0.39, 0.29) is 17.9 Å². The van der Waals surface area contributed by atoms with Crippen LogP contribution in [0.1, 0.15) is 25.3 Å². The Morgan fingerprint density at radius 1 is 1.27 bits per heavy atom. The Hall–Kier alpha value is -2.68. The van der Waals surface area contributed by atoms with E-state index in [0.717, 1.165) is 18.4 Å². The van der Waals surface area contributed by atoms with Gasteiger partial charge in [-0.05, 0) is 29.7 Å². The number of ether oxygens (including phenoxy) is 3. The average molecular weight is 435 g/mol. The zero-order valence-electron chi connectivity index (χ0n) is 17.1. The van der Waals surface area contributed by atoms with Crippen molar-refractivity contribution in [2.24, 2.45) is 0 Å². The van der Waals surface area contributed by atoms with Crippen molar-refractivity contribution >= 4 is 29.7 Å². The van der Waals surface area contributed by atoms with Gasteiger partial charge in [0, 0.05) is 5.75 Å². The number of carbonyl (C=O) groups excluding carboxylic acids is 3. The summed E-state index contributed by atoms with van der Waals surface area (Å²) in [5.41, 5.74) is 1.41. The van der Waals surface area contributed by atoms with Crippen LogP contribution >= 0.6 is 11.8 Å². The van der Waals surface area contributed by atoms with E-state index < -0.39 is 24.1 Å². The number of β-lactam (4-membered cyclic amide) rings is 1. The van der Waals surface area contributed by atoms with E-state index >= 15 is 0 Å². The van der Waals surface area contributed by atoms with Crippen molar-refractivity contribution in [2.75, 3.05) is 19.5 Å². The third kappa shape index (κ3) is 4.72. The zero-order chi connectivity index (χ0) is 21.7. The van der Waals surface area contributed by atoms with Crippen molar-refractivity contribution in [1.29, 1.82) is 0 Å². The number of carbonyl (C=O) groups is 3. The first kappa shape index (κ1) is 22.0. The number of hydrogen-bond acceptors (Lipinski definition) is 7. The van der Waals surface area contributed by atoms with E-state index in [0.29, 0.717) is 23.7 Å². The standard InChI is InChI=1S/C21H26N2O6S/c1-4-5-10-28-21(26)22-16-18(24)23-17(13(2)12-30-19(16)23)20(25)29-11-14-6-8-15(27-3)9-7-14/h6-9,16-17,19H,2,4-5,10-12H2,1,3H3,(H,22,26)/t16-,17?,19-/m1/s1. The summed E-state index contributed by atoms with van der Waals surface area (Å²) in [5.74, 6) is 0.342. The number of amides is 2. The van der Waals surface area contributed by atoms with Crippen LogP contribution in [0.3, 0.4) is 0 Å². The van der Waals surface area contributed by atoms with Gasteiger partial charge in [-0.15, -0.1) is 11.8 Å². The van der Waals surface area contributed by atoms with Gasteiger partial charge in [0.25, 0.3) is 0 Å². The molecule has 3 atom stereocenters. The van der Waals surface area contributed by atoms with Crippen LogP contribution in [0, 0.1) is 0 Å². The minimum Gasteiger partial charge on any atom is -0.497 e. The molecule has 1 N–H and O–H groups in total. The van der Waals surface area contributed by atoms with Gasteiger partial charge in [-0.2, -0.15) is 0 Å². The van der Waals surface area contributed by atoms with Gasteiger partial charge in [-0.3, -0.25) is 4.79 Å². The Balaban J connectivity index is 1.57. The summed E-state index contributed by atoms with van der Waals surface area (Å²) in [7, 11) is 1.58. The minimum absolute atomic E-state index is 0.0812. The highest BCUT2D eigenvalue weighted by molar-refractivity contribution is 8.00. The molecule has 0 spiro atoms. The number of esters is 1. The zero-order valence-corrected chi connectivity index (χ0v) is 17.9. The predicted molar refractivity (Wildman–Crippen MR) is 112 cm³/mol. The number of nitrogens with one attached hydrogen (secondary N) is 1. The minimum atomic E-state index is -0.851. The molecule has 2 saturated heterocycles. The molecule has 1 aromatic carbocycles. The second kappa shape index (κ2) is 9.88. The first-order chi connectivity index (χ1) is 14.5. The van der Waals surface area contributed by atoms with Crippen LogP contribution in [-0.4, -0.2) is 59.8 Å². The lowest BCUT2D eigenvalue weighted by Crippen LogP contribution is -2.74. The Bertz CT molecular complexity index is 812. The molecule has 2 aliphatic rings. The Labute approximate surface area is 179 Å². The maximum atomic E-state index is 12.7. The van der Waals surface area contributed by atoms with Crippen molar-refractivity contribution in [3.05, 3.63) is 42.0 Å². The number of methoxy groups -OCH3 is 1. The monoisotopic (exact) mass is 434 g/mol. The number of nitrogens with zero attached hydrogens (tertiary/aromatic N) is 1. The van der Waals surface area contributed by atoms with Gasteiger partial charge in [-0.25, -0.2) is 9.59 Å². The summed E-state index contributed by atoms with van der Waals surface area (Å²) in [4.78, 5) is 38.7. The summed E-state index contributed by atoms with van der Waals surface area (Å²) in [6.45, 7) is 6.32. The molecule has 0 radical (unpaired) electrons. The van der Waals surface area contributed by atoms with Gasteiger partial charge in [-0.1, -0.05) is 32.1 Å². The quantitative estimate of drug-likeness (QED) is 0.291. The molecule has 0 bridgehead atoms. The third-order valence-corrected chi connectivity index (χ3v) is 6.33. The van der Waals surface area contributed by atoms with Gasteiger partial charge in [0.2, 0.25) is 5.91 Å². The first-order valence-electron chi connectivity index (χ1n) is 9.80. The predicted octanol–water partition coefficient (Wildman–Crippen LogP) is 2.47. The lowest BCUT2D eigenvalue weighted by Gasteiger charge is -2.52. The maximum absolute atomic E-state index is 12.7. The van der Waals surface area contributed by atoms with Crippen LogP contribution < -0.4 is 10.1 Å². The van der Waals surface area contributed by atoms with Gasteiger partial charge >= 0.3 is 12.1 Å². The van der Waals surface area contributed by atoms with Crippen LogP contribution in [0.4, 0.5) is 4.79 Å². The summed E-state index contributed by atoms with van der Waals surface area (Å²) < 4.78 is 15.6. The highest BCUT2D eigenvalue weighted by Gasteiger charge is 2.56. The van der Waals surface area contributed by atoms with Crippen LogP contribution in [0.15, 0.2) is 36.4 Å². The summed E-state index contributed by atoms with van der Waals surface area (Å²) in [5, 5.41) is 2.25. The van der Waals surface area contributed by atoms with Crippen molar-refractivity contribution in [3.8, 4) is 5.75 Å². The van der Waals surface area contributed by atoms with Gasteiger partial charge in [0.1, 0.15) is 23.8 Å². The largest absolute Gasteiger partial charge is 0.497 e. The summed E-state index contributed by atoms with van der Waals surface area (Å²) in [6.07, 6.45) is 1.05. The van der Waals surface area contributed by atoms with Crippen LogP contribution in [0.2, 0.25) is 0 Å². The van der Waals surface area contributed by atoms with Gasteiger partial charge < -0.3 is 24.4 Å². The van der Waals surface area contributed by atoms with Crippen molar-refractivity contribution in [1.82, 2.24) is 10.2 Å². The van der Waals surface area contributed by atoms with Gasteiger partial charge in [0.05, 0.1) is 13.7 Å². The second-order valence-electron chi connectivity index (χ2n) is 7.08. The highest BCUT2D eigenvalue weighted by Crippen LogP contribution is 2.40. The van der Waals surface area contributed by atoms with Crippen LogP contribution in [-0.2, 0) is 25.7 Å². The highest BCUT2D eigenvalue weighted by atomic mass is 32.2. The van der Waals surface area contributed by atoms with E-state index in [1.54, 1.807) is 31.4 Å². The smallest absolute Gasteiger partial charge is 0.407 e.